The molecule has 200 valence electrons. The molecule has 0 bridgehead atoms. The van der Waals surface area contributed by atoms with Crippen molar-refractivity contribution in [2.45, 2.75) is 96.7 Å². The lowest BCUT2D eigenvalue weighted by Crippen LogP contribution is -2.52. The second kappa shape index (κ2) is 11.0. The first-order valence-electron chi connectivity index (χ1n) is 11.9. The highest BCUT2D eigenvalue weighted by Crippen LogP contribution is 2.48. The summed E-state index contributed by atoms with van der Waals surface area (Å²) in [5, 5.41) is 2.96. The maximum absolute atomic E-state index is 12.6. The molecule has 1 spiro atoms. The number of carbonyl (C=O) groups is 4. The number of hydrogen-bond donors (Lipinski definition) is 1. The van der Waals surface area contributed by atoms with Gasteiger partial charge in [-0.2, -0.15) is 0 Å². The van der Waals surface area contributed by atoms with E-state index in [1.807, 2.05) is 20.8 Å². The Morgan fingerprint density at radius 1 is 0.886 bits per heavy atom. The van der Waals surface area contributed by atoms with Crippen LogP contribution in [0.4, 0.5) is 9.59 Å². The van der Waals surface area contributed by atoms with Gasteiger partial charge in [0.15, 0.2) is 0 Å². The molecule has 0 aromatic carbocycles. The SMILES string of the molecule is COC(=O)C(O[C@H]1C[C@@H](NC(=O)OC(C)(C)C)C2(CCN(C(=O)OC(C)(C)C)CC2)C1)C(=O)OC. The van der Waals surface area contributed by atoms with Crippen LogP contribution in [0.1, 0.15) is 67.2 Å². The third kappa shape index (κ3) is 7.98. The molecule has 11 nitrogen and oxygen atoms in total. The molecular formula is C24H40N2O9. The molecule has 1 heterocycles. The van der Waals surface area contributed by atoms with E-state index in [1.165, 1.54) is 0 Å². The Kier molecular flexibility index (Phi) is 9.02. The van der Waals surface area contributed by atoms with Crippen molar-refractivity contribution in [2.24, 2.45) is 5.41 Å². The van der Waals surface area contributed by atoms with Gasteiger partial charge in [0.1, 0.15) is 11.2 Å². The van der Waals surface area contributed by atoms with Crippen LogP contribution in [-0.2, 0) is 33.3 Å². The number of rotatable bonds is 5. The van der Waals surface area contributed by atoms with Crippen molar-refractivity contribution in [3.05, 3.63) is 0 Å². The summed E-state index contributed by atoms with van der Waals surface area (Å²) in [5.74, 6) is -1.71. The molecular weight excluding hydrogens is 460 g/mol. The van der Waals surface area contributed by atoms with E-state index in [0.717, 1.165) is 14.2 Å². The third-order valence-electron chi connectivity index (χ3n) is 6.13. The second-order valence-electron chi connectivity index (χ2n) is 11.2. The lowest BCUT2D eigenvalue weighted by molar-refractivity contribution is -0.174. The van der Waals surface area contributed by atoms with Crippen molar-refractivity contribution in [3.8, 4) is 0 Å². The molecule has 0 radical (unpaired) electrons. The Labute approximate surface area is 207 Å². The first-order valence-corrected chi connectivity index (χ1v) is 11.9. The minimum Gasteiger partial charge on any atom is -0.467 e. The lowest BCUT2D eigenvalue weighted by atomic mass is 9.74. The predicted octanol–water partition coefficient (Wildman–Crippen LogP) is 2.79. The van der Waals surface area contributed by atoms with E-state index >= 15 is 0 Å². The van der Waals surface area contributed by atoms with Crippen LogP contribution in [-0.4, -0.2) is 85.8 Å². The molecule has 11 heteroatoms. The van der Waals surface area contributed by atoms with Gasteiger partial charge in [-0.15, -0.1) is 0 Å². The van der Waals surface area contributed by atoms with Gasteiger partial charge < -0.3 is 33.9 Å². The summed E-state index contributed by atoms with van der Waals surface area (Å²) >= 11 is 0. The summed E-state index contributed by atoms with van der Waals surface area (Å²) in [6.07, 6.45) is -1.00. The molecule has 2 atom stereocenters. The summed E-state index contributed by atoms with van der Waals surface area (Å²) in [6, 6.07) is -0.348. The summed E-state index contributed by atoms with van der Waals surface area (Å²) < 4.78 is 26.2. The number of likely N-dealkylation sites (tertiary alicyclic amines) is 1. The fraction of sp³-hybridized carbons (Fsp3) is 0.833. The number of amides is 2. The molecule has 2 aliphatic rings. The number of esters is 2. The van der Waals surface area contributed by atoms with Crippen LogP contribution in [0.2, 0.25) is 0 Å². The zero-order chi connectivity index (χ0) is 26.6. The number of nitrogens with one attached hydrogen (secondary N) is 1. The molecule has 0 unspecified atom stereocenters. The Morgan fingerprint density at radius 2 is 1.40 bits per heavy atom. The topological polar surface area (TPSA) is 130 Å². The molecule has 0 aromatic rings. The van der Waals surface area contributed by atoms with Gasteiger partial charge in [-0.1, -0.05) is 0 Å². The number of carbonyl (C=O) groups excluding carboxylic acids is 4. The summed E-state index contributed by atoms with van der Waals surface area (Å²) in [7, 11) is 2.33. The molecule has 1 aliphatic carbocycles. The largest absolute Gasteiger partial charge is 0.467 e. The van der Waals surface area contributed by atoms with Crippen LogP contribution in [0.3, 0.4) is 0 Å². The fourth-order valence-electron chi connectivity index (χ4n) is 4.58. The molecule has 2 amide bonds. The normalized spacial score (nSPS) is 22.0. The van der Waals surface area contributed by atoms with Gasteiger partial charge in [0.25, 0.3) is 6.10 Å². The third-order valence-corrected chi connectivity index (χ3v) is 6.13. The molecule has 35 heavy (non-hydrogen) atoms. The van der Waals surface area contributed by atoms with Crippen LogP contribution >= 0.6 is 0 Å². The highest BCUT2D eigenvalue weighted by molar-refractivity contribution is 5.97. The van der Waals surface area contributed by atoms with Gasteiger partial charge in [-0.3, -0.25) is 0 Å². The highest BCUT2D eigenvalue weighted by atomic mass is 16.6. The molecule has 1 aliphatic heterocycles. The summed E-state index contributed by atoms with van der Waals surface area (Å²) in [6.45, 7) is 11.6. The van der Waals surface area contributed by atoms with Crippen LogP contribution in [0.5, 0.6) is 0 Å². The Morgan fingerprint density at radius 3 is 1.86 bits per heavy atom. The monoisotopic (exact) mass is 500 g/mol. The molecule has 0 aromatic heterocycles. The highest BCUT2D eigenvalue weighted by Gasteiger charge is 2.52. The minimum absolute atomic E-state index is 0.348. The number of methoxy groups -OCH3 is 2. The molecule has 1 N–H and O–H groups in total. The average Bonchev–Trinajstić information content (AvgIpc) is 3.04. The van der Waals surface area contributed by atoms with E-state index in [0.29, 0.717) is 38.8 Å². The van der Waals surface area contributed by atoms with E-state index in [2.05, 4.69) is 5.32 Å². The molecule has 1 saturated heterocycles. The summed E-state index contributed by atoms with van der Waals surface area (Å²) in [4.78, 5) is 51.0. The van der Waals surface area contributed by atoms with Gasteiger partial charge >= 0.3 is 24.1 Å². The average molecular weight is 501 g/mol. The molecule has 2 rings (SSSR count). The molecule has 2 fully saturated rings. The van der Waals surface area contributed by atoms with Gasteiger partial charge in [0.05, 0.1) is 20.3 Å². The van der Waals surface area contributed by atoms with Crippen LogP contribution in [0, 0.1) is 5.41 Å². The van der Waals surface area contributed by atoms with Crippen molar-refractivity contribution >= 4 is 24.1 Å². The van der Waals surface area contributed by atoms with E-state index in [4.69, 9.17) is 23.7 Å². The number of hydrogen-bond acceptors (Lipinski definition) is 9. The molecule has 1 saturated carbocycles. The van der Waals surface area contributed by atoms with Crippen molar-refractivity contribution in [1.82, 2.24) is 10.2 Å². The van der Waals surface area contributed by atoms with E-state index < -0.39 is 46.9 Å². The van der Waals surface area contributed by atoms with Crippen molar-refractivity contribution in [3.63, 3.8) is 0 Å². The second-order valence-corrected chi connectivity index (χ2v) is 11.2. The van der Waals surface area contributed by atoms with Gasteiger partial charge in [0.2, 0.25) is 0 Å². The van der Waals surface area contributed by atoms with E-state index in [-0.39, 0.29) is 12.1 Å². The van der Waals surface area contributed by atoms with Crippen molar-refractivity contribution in [1.29, 1.82) is 0 Å². The zero-order valence-electron chi connectivity index (χ0n) is 22.1. The Hall–Kier alpha value is -2.56. The first kappa shape index (κ1) is 28.7. The van der Waals surface area contributed by atoms with Crippen molar-refractivity contribution in [2.75, 3.05) is 27.3 Å². The quantitative estimate of drug-likeness (QED) is 0.344. The van der Waals surface area contributed by atoms with Crippen molar-refractivity contribution < 1.29 is 42.9 Å². The van der Waals surface area contributed by atoms with Gasteiger partial charge in [-0.05, 0) is 72.6 Å². The van der Waals surface area contributed by atoms with Crippen LogP contribution < -0.4 is 5.32 Å². The number of piperidine rings is 1. The Balaban J connectivity index is 2.19. The standard InChI is InChI=1S/C24H40N2O9/c1-22(2,3)34-20(29)25-16-13-15(33-17(18(27)31-7)19(28)32-8)14-24(16)9-11-26(12-10-24)21(30)35-23(4,5)6/h15-17H,9-14H2,1-8H3,(H,25,29)/t15-,16+/m0/s1. The van der Waals surface area contributed by atoms with Crippen LogP contribution in [0.15, 0.2) is 0 Å². The summed E-state index contributed by atoms with van der Waals surface area (Å²) in [5.41, 5.74) is -1.69. The number of alkyl carbamates (subject to hydrolysis) is 1. The van der Waals surface area contributed by atoms with E-state index in [9.17, 15) is 19.2 Å². The fourth-order valence-corrected chi connectivity index (χ4v) is 4.58. The minimum atomic E-state index is -1.52. The van der Waals surface area contributed by atoms with Gasteiger partial charge in [-0.25, -0.2) is 19.2 Å². The maximum Gasteiger partial charge on any atom is 0.410 e. The Bertz CT molecular complexity index is 776. The van der Waals surface area contributed by atoms with E-state index in [1.54, 1.807) is 25.7 Å². The number of ether oxygens (including phenoxy) is 5. The zero-order valence-corrected chi connectivity index (χ0v) is 22.1. The lowest BCUT2D eigenvalue weighted by Gasteiger charge is -2.43. The maximum atomic E-state index is 12.6. The van der Waals surface area contributed by atoms with Gasteiger partial charge in [0, 0.05) is 19.1 Å². The smallest absolute Gasteiger partial charge is 0.410 e. The predicted molar refractivity (Wildman–Crippen MR) is 125 cm³/mol. The number of nitrogens with zero attached hydrogens (tertiary/aromatic N) is 1. The first-order chi connectivity index (χ1) is 16.1. The van der Waals surface area contributed by atoms with Crippen LogP contribution in [0.25, 0.3) is 0 Å².